The predicted molar refractivity (Wildman–Crippen MR) is 128 cm³/mol. The van der Waals surface area contributed by atoms with Crippen molar-refractivity contribution >= 4 is 16.9 Å². The van der Waals surface area contributed by atoms with Crippen LogP contribution in [-0.2, 0) is 6.54 Å². The zero-order chi connectivity index (χ0) is 23.4. The van der Waals surface area contributed by atoms with Gasteiger partial charge in [0, 0.05) is 18.7 Å². The van der Waals surface area contributed by atoms with Crippen LogP contribution in [0.2, 0.25) is 0 Å². The molecule has 1 atom stereocenters. The van der Waals surface area contributed by atoms with Crippen molar-refractivity contribution in [3.05, 3.63) is 47.8 Å². The van der Waals surface area contributed by atoms with Crippen LogP contribution in [0.3, 0.4) is 0 Å². The summed E-state index contributed by atoms with van der Waals surface area (Å²) in [5.74, 6) is 2.52. The molecule has 1 unspecified atom stereocenters. The number of aromatic nitrogens is 2. The van der Waals surface area contributed by atoms with E-state index in [2.05, 4.69) is 17.6 Å². The van der Waals surface area contributed by atoms with Crippen LogP contribution in [0.5, 0.6) is 17.2 Å². The molecule has 0 bridgehead atoms. The van der Waals surface area contributed by atoms with Crippen LogP contribution in [0.25, 0.3) is 11.0 Å². The van der Waals surface area contributed by atoms with E-state index in [4.69, 9.17) is 19.2 Å². The Morgan fingerprint density at radius 3 is 2.30 bits per heavy atom. The first-order chi connectivity index (χ1) is 16.1. The second-order valence-corrected chi connectivity index (χ2v) is 7.96. The Hall–Kier alpha value is -3.22. The molecule has 0 N–H and O–H groups in total. The van der Waals surface area contributed by atoms with Crippen molar-refractivity contribution in [2.45, 2.75) is 53.1 Å². The first-order valence-electron chi connectivity index (χ1n) is 11.9. The van der Waals surface area contributed by atoms with E-state index in [1.165, 1.54) is 0 Å². The van der Waals surface area contributed by atoms with Gasteiger partial charge in [-0.15, -0.1) is 0 Å². The molecule has 1 aromatic heterocycles. The van der Waals surface area contributed by atoms with Gasteiger partial charge in [0.25, 0.3) is 5.91 Å². The molecule has 176 valence electrons. The Kier molecular flexibility index (Phi) is 7.06. The average Bonchev–Trinajstić information content (AvgIpc) is 3.45. The number of hydrogen-bond acceptors (Lipinski definition) is 5. The molecule has 33 heavy (non-hydrogen) atoms. The van der Waals surface area contributed by atoms with E-state index in [1.807, 2.05) is 43.9 Å². The van der Waals surface area contributed by atoms with Crippen LogP contribution in [0, 0.1) is 0 Å². The summed E-state index contributed by atoms with van der Waals surface area (Å²) in [4.78, 5) is 20.6. The van der Waals surface area contributed by atoms with Crippen molar-refractivity contribution in [3.8, 4) is 17.2 Å². The fourth-order valence-corrected chi connectivity index (χ4v) is 4.64. The third kappa shape index (κ3) is 4.36. The van der Waals surface area contributed by atoms with Crippen molar-refractivity contribution in [2.24, 2.45) is 0 Å². The van der Waals surface area contributed by atoms with Gasteiger partial charge in [-0.25, -0.2) is 4.98 Å². The van der Waals surface area contributed by atoms with E-state index in [0.717, 1.165) is 36.2 Å². The van der Waals surface area contributed by atoms with E-state index in [1.54, 1.807) is 12.1 Å². The highest BCUT2D eigenvalue weighted by Gasteiger charge is 2.35. The number of carbonyl (C=O) groups excluding carboxylic acids is 1. The van der Waals surface area contributed by atoms with Crippen LogP contribution in [0.4, 0.5) is 0 Å². The van der Waals surface area contributed by atoms with Crippen molar-refractivity contribution in [1.82, 2.24) is 14.5 Å². The minimum Gasteiger partial charge on any atom is -0.490 e. The zero-order valence-corrected chi connectivity index (χ0v) is 20.0. The summed E-state index contributed by atoms with van der Waals surface area (Å²) in [6.45, 7) is 10.8. The third-order valence-electron chi connectivity index (χ3n) is 5.97. The summed E-state index contributed by atoms with van der Waals surface area (Å²) in [5, 5.41) is 0. The lowest BCUT2D eigenvalue weighted by molar-refractivity contribution is 0.0726. The van der Waals surface area contributed by atoms with Gasteiger partial charge in [0.1, 0.15) is 5.82 Å². The Bertz CT molecular complexity index is 1100. The smallest absolute Gasteiger partial charge is 0.254 e. The molecule has 2 heterocycles. The molecular formula is C26H33N3O4. The molecule has 1 aliphatic heterocycles. The standard InChI is InChI=1S/C26H33N3O4/c1-5-28-20-13-10-9-12-19(20)27-25(28)21-14-11-15-29(21)26(30)18-16-22(31-6-2)24(33-8-4)23(17-18)32-7-3/h9-10,12-13,16-17,21H,5-8,11,14-15H2,1-4H3. The number of imidazole rings is 1. The van der Waals surface area contributed by atoms with Gasteiger partial charge in [-0.1, -0.05) is 12.1 Å². The molecule has 0 spiro atoms. The van der Waals surface area contributed by atoms with Crippen molar-refractivity contribution in [2.75, 3.05) is 26.4 Å². The Morgan fingerprint density at radius 1 is 1.00 bits per heavy atom. The lowest BCUT2D eigenvalue weighted by Gasteiger charge is -2.26. The largest absolute Gasteiger partial charge is 0.490 e. The lowest BCUT2D eigenvalue weighted by Crippen LogP contribution is -2.32. The number of hydrogen-bond donors (Lipinski definition) is 0. The highest BCUT2D eigenvalue weighted by molar-refractivity contribution is 5.96. The van der Waals surface area contributed by atoms with Gasteiger partial charge in [0.15, 0.2) is 11.5 Å². The first kappa shape index (κ1) is 23.0. The van der Waals surface area contributed by atoms with Gasteiger partial charge in [-0.2, -0.15) is 0 Å². The maximum atomic E-state index is 13.8. The quantitative estimate of drug-likeness (QED) is 0.446. The molecule has 7 heteroatoms. The Labute approximate surface area is 195 Å². The summed E-state index contributed by atoms with van der Waals surface area (Å²) in [7, 11) is 0. The molecule has 4 rings (SSSR count). The number of ether oxygens (including phenoxy) is 3. The summed E-state index contributed by atoms with van der Waals surface area (Å²) < 4.78 is 19.7. The van der Waals surface area contributed by atoms with Gasteiger partial charge in [-0.3, -0.25) is 4.79 Å². The number of para-hydroxylation sites is 2. The van der Waals surface area contributed by atoms with Gasteiger partial charge in [-0.05, 0) is 64.8 Å². The molecule has 1 aliphatic rings. The van der Waals surface area contributed by atoms with Gasteiger partial charge in [0.05, 0.1) is 36.9 Å². The summed E-state index contributed by atoms with van der Waals surface area (Å²) in [5.41, 5.74) is 2.61. The van der Waals surface area contributed by atoms with Gasteiger partial charge < -0.3 is 23.7 Å². The average molecular weight is 452 g/mol. The number of rotatable bonds is 9. The Morgan fingerprint density at radius 2 is 1.67 bits per heavy atom. The highest BCUT2D eigenvalue weighted by atomic mass is 16.5. The fraction of sp³-hybridized carbons (Fsp3) is 0.462. The number of fused-ring (bicyclic) bond motifs is 1. The second-order valence-electron chi connectivity index (χ2n) is 7.96. The van der Waals surface area contributed by atoms with Crippen LogP contribution < -0.4 is 14.2 Å². The van der Waals surface area contributed by atoms with Crippen molar-refractivity contribution in [1.29, 1.82) is 0 Å². The van der Waals surface area contributed by atoms with E-state index >= 15 is 0 Å². The monoisotopic (exact) mass is 451 g/mol. The van der Waals surface area contributed by atoms with Crippen LogP contribution >= 0.6 is 0 Å². The van der Waals surface area contributed by atoms with Crippen LogP contribution in [-0.4, -0.2) is 46.7 Å². The zero-order valence-electron chi connectivity index (χ0n) is 20.0. The van der Waals surface area contributed by atoms with Gasteiger partial charge >= 0.3 is 0 Å². The summed E-state index contributed by atoms with van der Waals surface area (Å²) in [6.07, 6.45) is 1.83. The van der Waals surface area contributed by atoms with Crippen LogP contribution in [0.1, 0.15) is 62.8 Å². The van der Waals surface area contributed by atoms with E-state index in [0.29, 0.717) is 49.2 Å². The fourth-order valence-electron chi connectivity index (χ4n) is 4.64. The van der Waals surface area contributed by atoms with Crippen molar-refractivity contribution < 1.29 is 19.0 Å². The molecule has 0 saturated carbocycles. The van der Waals surface area contributed by atoms with Crippen LogP contribution in [0.15, 0.2) is 36.4 Å². The molecule has 1 saturated heterocycles. The maximum Gasteiger partial charge on any atom is 0.254 e. The van der Waals surface area contributed by atoms with E-state index < -0.39 is 0 Å². The number of aryl methyl sites for hydroxylation is 1. The molecule has 7 nitrogen and oxygen atoms in total. The molecule has 1 fully saturated rings. The predicted octanol–water partition coefficient (Wildman–Crippen LogP) is 5.23. The topological polar surface area (TPSA) is 65.8 Å². The van der Waals surface area contributed by atoms with E-state index in [-0.39, 0.29) is 11.9 Å². The Balaban J connectivity index is 1.73. The molecular weight excluding hydrogens is 418 g/mol. The summed E-state index contributed by atoms with van der Waals surface area (Å²) >= 11 is 0. The normalized spacial score (nSPS) is 15.8. The second kappa shape index (κ2) is 10.1. The van der Waals surface area contributed by atoms with E-state index in [9.17, 15) is 4.79 Å². The van der Waals surface area contributed by atoms with Gasteiger partial charge in [0.2, 0.25) is 5.75 Å². The molecule has 1 amide bonds. The number of nitrogens with zero attached hydrogens (tertiary/aromatic N) is 3. The number of likely N-dealkylation sites (tertiary alicyclic amines) is 1. The molecule has 2 aromatic carbocycles. The third-order valence-corrected chi connectivity index (χ3v) is 5.97. The van der Waals surface area contributed by atoms with Crippen molar-refractivity contribution in [3.63, 3.8) is 0 Å². The number of carbonyl (C=O) groups is 1. The maximum absolute atomic E-state index is 13.8. The summed E-state index contributed by atoms with van der Waals surface area (Å²) in [6, 6.07) is 11.6. The molecule has 0 radical (unpaired) electrons. The number of amides is 1. The molecule has 3 aromatic rings. The number of benzene rings is 2. The first-order valence-corrected chi connectivity index (χ1v) is 11.9. The SMILES string of the molecule is CCOc1cc(C(=O)N2CCCC2c2nc3ccccc3n2CC)cc(OCC)c1OCC. The highest BCUT2D eigenvalue weighted by Crippen LogP contribution is 2.41. The minimum absolute atomic E-state index is 0.0443. The molecule has 0 aliphatic carbocycles. The minimum atomic E-state index is -0.0671. The lowest BCUT2D eigenvalue weighted by atomic mass is 10.1.